The molecule has 0 amide bonds. The molecular weight excluding hydrogens is 250 g/mol. The molecule has 1 aliphatic heterocycles. The molecule has 0 fully saturated rings. The third kappa shape index (κ3) is 2.37. The van der Waals surface area contributed by atoms with Gasteiger partial charge in [0, 0.05) is 24.2 Å². The molecule has 0 bridgehead atoms. The molecule has 0 spiro atoms. The predicted octanol–water partition coefficient (Wildman–Crippen LogP) is 3.09. The Kier molecular flexibility index (Phi) is 3.61. The van der Waals surface area contributed by atoms with Crippen molar-refractivity contribution in [2.75, 3.05) is 14.2 Å². The van der Waals surface area contributed by atoms with E-state index in [4.69, 9.17) is 9.47 Å². The average Bonchev–Trinajstić information content (AvgIpc) is 2.54. The minimum absolute atomic E-state index is 0.348. The molecule has 1 aliphatic rings. The smallest absolute Gasteiger partial charge is 0.127 e. The van der Waals surface area contributed by atoms with Gasteiger partial charge in [0.05, 0.1) is 14.2 Å². The third-order valence-electron chi connectivity index (χ3n) is 3.88. The fourth-order valence-corrected chi connectivity index (χ4v) is 2.80. The highest BCUT2D eigenvalue weighted by molar-refractivity contribution is 5.48. The zero-order chi connectivity index (χ0) is 13.9. The van der Waals surface area contributed by atoms with Crippen LogP contribution in [0, 0.1) is 0 Å². The Hall–Kier alpha value is -2.00. The maximum atomic E-state index is 5.48. The highest BCUT2D eigenvalue weighted by atomic mass is 16.5. The summed E-state index contributed by atoms with van der Waals surface area (Å²) < 4.78 is 10.8. The monoisotopic (exact) mass is 269 g/mol. The topological polar surface area (TPSA) is 30.5 Å². The van der Waals surface area contributed by atoms with Gasteiger partial charge in [-0.25, -0.2) is 0 Å². The van der Waals surface area contributed by atoms with Crippen LogP contribution in [0.5, 0.6) is 11.5 Å². The second-order valence-corrected chi connectivity index (χ2v) is 5.02. The Morgan fingerprint density at radius 1 is 1.05 bits per heavy atom. The summed E-state index contributed by atoms with van der Waals surface area (Å²) in [6.07, 6.45) is 0.951. The molecule has 3 nitrogen and oxygen atoms in total. The maximum Gasteiger partial charge on any atom is 0.127 e. The molecule has 2 aromatic carbocycles. The van der Waals surface area contributed by atoms with Gasteiger partial charge >= 0.3 is 0 Å². The summed E-state index contributed by atoms with van der Waals surface area (Å²) in [6.45, 7) is 0.821. The molecule has 0 saturated carbocycles. The summed E-state index contributed by atoms with van der Waals surface area (Å²) in [5.74, 6) is 1.76. The summed E-state index contributed by atoms with van der Waals surface area (Å²) in [4.78, 5) is 0. The van der Waals surface area contributed by atoms with Crippen LogP contribution in [0.15, 0.2) is 42.5 Å². The van der Waals surface area contributed by atoms with Gasteiger partial charge in [-0.2, -0.15) is 0 Å². The van der Waals surface area contributed by atoms with Gasteiger partial charge < -0.3 is 14.8 Å². The first-order valence-corrected chi connectivity index (χ1v) is 6.84. The molecule has 0 radical (unpaired) electrons. The lowest BCUT2D eigenvalue weighted by atomic mass is 9.91. The molecule has 1 atom stereocenters. The number of benzene rings is 2. The molecule has 1 heterocycles. The fraction of sp³-hybridized carbons (Fsp3) is 0.294. The van der Waals surface area contributed by atoms with Gasteiger partial charge in [0.2, 0.25) is 0 Å². The lowest BCUT2D eigenvalue weighted by Crippen LogP contribution is -2.28. The molecular formula is C17H19NO2. The number of hydrogen-bond acceptors (Lipinski definition) is 3. The summed E-state index contributed by atoms with van der Waals surface area (Å²) in [5, 5.41) is 3.58. The van der Waals surface area contributed by atoms with Crippen molar-refractivity contribution in [3.05, 3.63) is 59.2 Å². The van der Waals surface area contributed by atoms with E-state index in [9.17, 15) is 0 Å². The van der Waals surface area contributed by atoms with Crippen LogP contribution in [0.25, 0.3) is 0 Å². The lowest BCUT2D eigenvalue weighted by molar-refractivity contribution is 0.381. The van der Waals surface area contributed by atoms with Crippen molar-refractivity contribution in [3.8, 4) is 11.5 Å². The van der Waals surface area contributed by atoms with Gasteiger partial charge in [-0.05, 0) is 23.6 Å². The Balaban J connectivity index is 1.94. The average molecular weight is 269 g/mol. The lowest BCUT2D eigenvalue weighted by Gasteiger charge is -2.28. The van der Waals surface area contributed by atoms with Gasteiger partial charge in [-0.15, -0.1) is 0 Å². The number of nitrogens with one attached hydrogen (secondary N) is 1. The van der Waals surface area contributed by atoms with Gasteiger partial charge in [-0.1, -0.05) is 30.3 Å². The molecule has 3 rings (SSSR count). The minimum Gasteiger partial charge on any atom is -0.497 e. The number of fused-ring (bicyclic) bond motifs is 1. The van der Waals surface area contributed by atoms with E-state index in [0.29, 0.717) is 6.04 Å². The van der Waals surface area contributed by atoms with E-state index in [-0.39, 0.29) is 0 Å². The molecule has 104 valence electrons. The zero-order valence-electron chi connectivity index (χ0n) is 11.8. The fourth-order valence-electron chi connectivity index (χ4n) is 2.80. The summed E-state index contributed by atoms with van der Waals surface area (Å²) in [6, 6.07) is 15.0. The van der Waals surface area contributed by atoms with Crippen molar-refractivity contribution in [2.45, 2.75) is 19.0 Å². The molecule has 0 aliphatic carbocycles. The third-order valence-corrected chi connectivity index (χ3v) is 3.88. The van der Waals surface area contributed by atoms with E-state index >= 15 is 0 Å². The summed E-state index contributed by atoms with van der Waals surface area (Å²) in [7, 11) is 3.40. The maximum absolute atomic E-state index is 5.48. The molecule has 0 saturated heterocycles. The highest BCUT2D eigenvalue weighted by Gasteiger charge is 2.22. The van der Waals surface area contributed by atoms with Crippen LogP contribution < -0.4 is 14.8 Å². The van der Waals surface area contributed by atoms with E-state index in [2.05, 4.69) is 35.6 Å². The van der Waals surface area contributed by atoms with E-state index in [1.165, 1.54) is 16.7 Å². The van der Waals surface area contributed by atoms with E-state index in [0.717, 1.165) is 24.5 Å². The van der Waals surface area contributed by atoms with Gasteiger partial charge in [0.25, 0.3) is 0 Å². The highest BCUT2D eigenvalue weighted by Crippen LogP contribution is 2.34. The van der Waals surface area contributed by atoms with Crippen LogP contribution in [0.4, 0.5) is 0 Å². The van der Waals surface area contributed by atoms with Crippen LogP contribution >= 0.6 is 0 Å². The van der Waals surface area contributed by atoms with Crippen molar-refractivity contribution in [1.82, 2.24) is 5.32 Å². The van der Waals surface area contributed by atoms with Crippen molar-refractivity contribution in [3.63, 3.8) is 0 Å². The largest absolute Gasteiger partial charge is 0.497 e. The van der Waals surface area contributed by atoms with Gasteiger partial charge in [-0.3, -0.25) is 0 Å². The Morgan fingerprint density at radius 2 is 1.85 bits per heavy atom. The molecule has 1 unspecified atom stereocenters. The van der Waals surface area contributed by atoms with E-state index in [1.54, 1.807) is 14.2 Å². The molecule has 20 heavy (non-hydrogen) atoms. The van der Waals surface area contributed by atoms with Gasteiger partial charge in [0.15, 0.2) is 0 Å². The molecule has 3 heteroatoms. The number of hydrogen-bond donors (Lipinski definition) is 1. The number of ether oxygens (including phenoxy) is 2. The summed E-state index contributed by atoms with van der Waals surface area (Å²) >= 11 is 0. The molecule has 2 aromatic rings. The quantitative estimate of drug-likeness (QED) is 0.928. The van der Waals surface area contributed by atoms with Crippen molar-refractivity contribution < 1.29 is 9.47 Å². The van der Waals surface area contributed by atoms with Crippen LogP contribution in [0.2, 0.25) is 0 Å². The minimum atomic E-state index is 0.348. The van der Waals surface area contributed by atoms with Crippen molar-refractivity contribution >= 4 is 0 Å². The SMILES string of the molecule is COc1cc2c(c(OC)c1)CNC(c1ccccc1)C2. The normalized spacial score (nSPS) is 17.4. The molecule has 1 N–H and O–H groups in total. The van der Waals surface area contributed by atoms with Crippen molar-refractivity contribution in [2.24, 2.45) is 0 Å². The standard InChI is InChI=1S/C17H19NO2/c1-19-14-8-13-9-16(12-6-4-3-5-7-12)18-11-15(13)17(10-14)20-2/h3-8,10,16,18H,9,11H2,1-2H3. The van der Waals surface area contributed by atoms with Crippen LogP contribution in [-0.4, -0.2) is 14.2 Å². The Labute approximate surface area is 119 Å². The first kappa shape index (κ1) is 13.0. The first-order chi connectivity index (χ1) is 9.81. The second kappa shape index (κ2) is 5.55. The number of rotatable bonds is 3. The van der Waals surface area contributed by atoms with Crippen LogP contribution in [0.3, 0.4) is 0 Å². The van der Waals surface area contributed by atoms with E-state index in [1.807, 2.05) is 12.1 Å². The summed E-state index contributed by atoms with van der Waals surface area (Å²) in [5.41, 5.74) is 3.86. The predicted molar refractivity (Wildman–Crippen MR) is 79.3 cm³/mol. The Morgan fingerprint density at radius 3 is 2.55 bits per heavy atom. The van der Waals surface area contributed by atoms with E-state index < -0.39 is 0 Å². The van der Waals surface area contributed by atoms with Crippen molar-refractivity contribution in [1.29, 1.82) is 0 Å². The van der Waals surface area contributed by atoms with Gasteiger partial charge in [0.1, 0.15) is 11.5 Å². The number of methoxy groups -OCH3 is 2. The van der Waals surface area contributed by atoms with Crippen LogP contribution in [0.1, 0.15) is 22.7 Å². The zero-order valence-corrected chi connectivity index (χ0v) is 11.8. The van der Waals surface area contributed by atoms with Crippen LogP contribution in [-0.2, 0) is 13.0 Å². The molecule has 0 aromatic heterocycles. The second-order valence-electron chi connectivity index (χ2n) is 5.02. The first-order valence-electron chi connectivity index (χ1n) is 6.84. The Bertz CT molecular complexity index is 595.